The maximum Gasteiger partial charge on any atom is 0.125 e. The van der Waals surface area contributed by atoms with Gasteiger partial charge in [-0.3, -0.25) is 0 Å². The van der Waals surface area contributed by atoms with Gasteiger partial charge in [-0.2, -0.15) is 0 Å². The molecule has 5 heteroatoms. The summed E-state index contributed by atoms with van der Waals surface area (Å²) < 4.78 is 0. The van der Waals surface area contributed by atoms with Crippen LogP contribution in [0.3, 0.4) is 0 Å². The second kappa shape index (κ2) is 4.49. The van der Waals surface area contributed by atoms with Gasteiger partial charge in [-0.15, -0.1) is 11.3 Å². The predicted molar refractivity (Wildman–Crippen MR) is 73.2 cm³/mol. The van der Waals surface area contributed by atoms with Crippen molar-refractivity contribution in [3.05, 3.63) is 39.9 Å². The van der Waals surface area contributed by atoms with E-state index in [9.17, 15) is 0 Å². The van der Waals surface area contributed by atoms with Crippen LogP contribution in [0.15, 0.2) is 24.3 Å². The van der Waals surface area contributed by atoms with E-state index in [4.69, 9.17) is 29.6 Å². The van der Waals surface area contributed by atoms with Crippen LogP contribution >= 0.6 is 35.2 Å². The molecule has 1 heterocycles. The van der Waals surface area contributed by atoms with Crippen LogP contribution in [-0.4, -0.2) is 9.97 Å². The van der Waals surface area contributed by atoms with E-state index < -0.39 is 0 Å². The van der Waals surface area contributed by atoms with Crippen molar-refractivity contribution in [2.45, 2.75) is 6.92 Å². The lowest BCUT2D eigenvalue weighted by Gasteiger charge is -1.97. The second-order valence-electron chi connectivity index (χ2n) is 3.28. The molecule has 16 heavy (non-hydrogen) atoms. The minimum absolute atomic E-state index is 0.383. The summed E-state index contributed by atoms with van der Waals surface area (Å²) in [6, 6.07) is 7.59. The van der Waals surface area contributed by atoms with Gasteiger partial charge >= 0.3 is 0 Å². The van der Waals surface area contributed by atoms with Gasteiger partial charge in [0.05, 0.1) is 15.6 Å². The number of hydrogen-bond donors (Lipinski definition) is 1. The average molecular weight is 269 g/mol. The summed E-state index contributed by atoms with van der Waals surface area (Å²) in [6.07, 6.45) is 0. The monoisotopic (exact) mass is 268 g/mol. The van der Waals surface area contributed by atoms with Crippen molar-refractivity contribution in [2.75, 3.05) is 0 Å². The topological polar surface area (TPSA) is 38.9 Å². The summed E-state index contributed by atoms with van der Waals surface area (Å²) in [5.41, 5.74) is 7.38. The van der Waals surface area contributed by atoms with Gasteiger partial charge in [0.15, 0.2) is 0 Å². The molecule has 0 saturated carbocycles. The van der Waals surface area contributed by atoms with Gasteiger partial charge in [0.25, 0.3) is 0 Å². The Hall–Kier alpha value is -0.970. The highest BCUT2D eigenvalue weighted by Gasteiger charge is 2.12. The molecule has 0 saturated heterocycles. The number of thiocarbonyl (C=S) groups is 1. The maximum atomic E-state index is 6.10. The zero-order chi connectivity index (χ0) is 11.7. The van der Waals surface area contributed by atoms with Crippen LogP contribution in [0.1, 0.15) is 10.6 Å². The standard InChI is InChI=1S/C11H9ClN2S2/c1-6-9(10(13)15)16-11(14-6)7-4-2-3-5-8(7)12/h2-5H,1H3,(H2,13,15). The minimum Gasteiger partial charge on any atom is -0.389 e. The predicted octanol–water partition coefficient (Wildman–Crippen LogP) is 3.41. The molecule has 0 bridgehead atoms. The summed E-state index contributed by atoms with van der Waals surface area (Å²) in [4.78, 5) is 5.66. The number of halogens is 1. The SMILES string of the molecule is Cc1nc(-c2ccccc2Cl)sc1C(N)=S. The average Bonchev–Trinajstić information content (AvgIpc) is 2.61. The molecule has 0 aliphatic carbocycles. The van der Waals surface area contributed by atoms with Crippen molar-refractivity contribution in [3.8, 4) is 10.6 Å². The molecule has 0 radical (unpaired) electrons. The number of hydrogen-bond acceptors (Lipinski definition) is 3. The third kappa shape index (κ3) is 2.09. The van der Waals surface area contributed by atoms with Gasteiger partial charge in [-0.05, 0) is 13.0 Å². The van der Waals surface area contributed by atoms with Gasteiger partial charge in [-0.1, -0.05) is 42.0 Å². The van der Waals surface area contributed by atoms with Crippen LogP contribution in [0.2, 0.25) is 5.02 Å². The molecule has 0 unspecified atom stereocenters. The van der Waals surface area contributed by atoms with Gasteiger partial charge in [0, 0.05) is 5.56 Å². The zero-order valence-electron chi connectivity index (χ0n) is 8.53. The highest BCUT2D eigenvalue weighted by molar-refractivity contribution is 7.81. The fourth-order valence-corrected chi connectivity index (χ4v) is 2.89. The van der Waals surface area contributed by atoms with Crippen LogP contribution in [-0.2, 0) is 0 Å². The van der Waals surface area contributed by atoms with Crippen LogP contribution in [0.4, 0.5) is 0 Å². The summed E-state index contributed by atoms with van der Waals surface area (Å²) in [6.45, 7) is 1.89. The van der Waals surface area contributed by atoms with E-state index in [1.165, 1.54) is 11.3 Å². The Morgan fingerprint density at radius 1 is 1.44 bits per heavy atom. The lowest BCUT2D eigenvalue weighted by molar-refractivity contribution is 1.26. The number of aryl methyl sites for hydroxylation is 1. The molecule has 0 aliphatic heterocycles. The quantitative estimate of drug-likeness (QED) is 0.849. The van der Waals surface area contributed by atoms with Gasteiger partial charge in [-0.25, -0.2) is 4.98 Å². The first-order chi connectivity index (χ1) is 7.59. The van der Waals surface area contributed by atoms with Crippen molar-refractivity contribution in [1.29, 1.82) is 0 Å². The molecule has 2 N–H and O–H groups in total. The molecule has 0 atom stereocenters. The van der Waals surface area contributed by atoms with E-state index in [1.54, 1.807) is 0 Å². The Kier molecular flexibility index (Phi) is 3.23. The van der Waals surface area contributed by atoms with Crippen molar-refractivity contribution in [2.24, 2.45) is 5.73 Å². The van der Waals surface area contributed by atoms with E-state index in [0.717, 1.165) is 21.1 Å². The van der Waals surface area contributed by atoms with Crippen molar-refractivity contribution in [3.63, 3.8) is 0 Å². The molecule has 2 nitrogen and oxygen atoms in total. The molecule has 0 fully saturated rings. The smallest absolute Gasteiger partial charge is 0.125 e. The Morgan fingerprint density at radius 3 is 2.69 bits per heavy atom. The highest BCUT2D eigenvalue weighted by atomic mass is 35.5. The van der Waals surface area contributed by atoms with Gasteiger partial charge < -0.3 is 5.73 Å². The third-order valence-electron chi connectivity index (χ3n) is 2.12. The van der Waals surface area contributed by atoms with Crippen LogP contribution in [0.5, 0.6) is 0 Å². The first kappa shape index (κ1) is 11.5. The largest absolute Gasteiger partial charge is 0.389 e. The maximum absolute atomic E-state index is 6.10. The van der Waals surface area contributed by atoms with Crippen LogP contribution < -0.4 is 5.73 Å². The lowest BCUT2D eigenvalue weighted by atomic mass is 10.2. The van der Waals surface area contributed by atoms with Crippen LogP contribution in [0.25, 0.3) is 10.6 Å². The van der Waals surface area contributed by atoms with Gasteiger partial charge in [0.1, 0.15) is 10.00 Å². The fraction of sp³-hybridized carbons (Fsp3) is 0.0909. The molecule has 0 amide bonds. The van der Waals surface area contributed by atoms with Crippen molar-refractivity contribution in [1.82, 2.24) is 4.98 Å². The van der Waals surface area contributed by atoms with Crippen molar-refractivity contribution >= 4 is 40.1 Å². The minimum atomic E-state index is 0.383. The number of rotatable bonds is 2. The molecule has 2 aromatic rings. The van der Waals surface area contributed by atoms with Gasteiger partial charge in [0.2, 0.25) is 0 Å². The molecule has 2 rings (SSSR count). The van der Waals surface area contributed by atoms with E-state index in [-0.39, 0.29) is 0 Å². The number of nitrogens with zero attached hydrogens (tertiary/aromatic N) is 1. The molecule has 1 aromatic heterocycles. The first-order valence-electron chi connectivity index (χ1n) is 4.61. The Bertz CT molecular complexity index is 549. The zero-order valence-corrected chi connectivity index (χ0v) is 10.9. The molecular formula is C11H9ClN2S2. The fourth-order valence-electron chi connectivity index (χ4n) is 1.37. The normalized spacial score (nSPS) is 10.4. The lowest BCUT2D eigenvalue weighted by Crippen LogP contribution is -2.08. The number of thiazole rings is 1. The summed E-state index contributed by atoms with van der Waals surface area (Å²) >= 11 is 12.5. The van der Waals surface area contributed by atoms with E-state index in [1.807, 2.05) is 31.2 Å². The third-order valence-corrected chi connectivity index (χ3v) is 4.01. The van der Waals surface area contributed by atoms with E-state index >= 15 is 0 Å². The summed E-state index contributed by atoms with van der Waals surface area (Å²) in [7, 11) is 0. The van der Waals surface area contributed by atoms with Crippen molar-refractivity contribution < 1.29 is 0 Å². The highest BCUT2D eigenvalue weighted by Crippen LogP contribution is 2.32. The van der Waals surface area contributed by atoms with Crippen LogP contribution in [0, 0.1) is 6.92 Å². The number of aromatic nitrogens is 1. The Balaban J connectivity index is 2.54. The molecule has 0 aliphatic rings. The first-order valence-corrected chi connectivity index (χ1v) is 6.22. The van der Waals surface area contributed by atoms with E-state index in [0.29, 0.717) is 10.0 Å². The molecular weight excluding hydrogens is 260 g/mol. The number of nitrogens with two attached hydrogens (primary N) is 1. The Morgan fingerprint density at radius 2 is 2.12 bits per heavy atom. The number of benzene rings is 1. The molecule has 82 valence electrons. The molecule has 1 aromatic carbocycles. The Labute approximate surface area is 108 Å². The second-order valence-corrected chi connectivity index (χ2v) is 5.12. The summed E-state index contributed by atoms with van der Waals surface area (Å²) in [5.74, 6) is 0. The summed E-state index contributed by atoms with van der Waals surface area (Å²) in [5, 5.41) is 1.54. The molecule has 0 spiro atoms. The van der Waals surface area contributed by atoms with E-state index in [2.05, 4.69) is 4.98 Å².